The summed E-state index contributed by atoms with van der Waals surface area (Å²) in [5, 5.41) is 6.51. The van der Waals surface area contributed by atoms with Crippen molar-refractivity contribution in [1.82, 2.24) is 10.6 Å². The lowest BCUT2D eigenvalue weighted by Crippen LogP contribution is -2.40. The van der Waals surface area contributed by atoms with Gasteiger partial charge in [0.2, 0.25) is 0 Å². The van der Waals surface area contributed by atoms with Crippen LogP contribution in [0.2, 0.25) is 0 Å². The van der Waals surface area contributed by atoms with Gasteiger partial charge < -0.3 is 10.6 Å². The molecule has 0 aromatic rings. The third-order valence-corrected chi connectivity index (χ3v) is 5.24. The first-order valence-electron chi connectivity index (χ1n) is 5.65. The van der Waals surface area contributed by atoms with Crippen molar-refractivity contribution < 1.29 is 4.79 Å². The molecule has 0 spiro atoms. The van der Waals surface area contributed by atoms with E-state index in [-0.39, 0.29) is 6.03 Å². The number of hydrogen-bond donors (Lipinski definition) is 2. The third kappa shape index (κ3) is 1.92. The maximum Gasteiger partial charge on any atom is 0.315 e. The number of carbonyl (C=O) groups is 1. The van der Waals surface area contributed by atoms with E-state index in [1.165, 1.54) is 12.3 Å². The Labute approximate surface area is 95.8 Å². The highest BCUT2D eigenvalue weighted by Gasteiger charge is 2.51. The molecule has 84 valence electrons. The maximum absolute atomic E-state index is 11.2. The van der Waals surface area contributed by atoms with Crippen LogP contribution in [0.25, 0.3) is 0 Å². The first kappa shape index (κ1) is 11.0. The molecule has 2 rings (SSSR count). The van der Waals surface area contributed by atoms with Gasteiger partial charge in [0.05, 0.1) is 18.9 Å². The quantitative estimate of drug-likeness (QED) is 0.570. The average Bonchev–Trinajstić information content (AvgIpc) is 2.74. The lowest BCUT2D eigenvalue weighted by Gasteiger charge is -2.18. The Balaban J connectivity index is 2.02. The van der Waals surface area contributed by atoms with Crippen molar-refractivity contribution in [2.24, 2.45) is 5.92 Å². The van der Waals surface area contributed by atoms with Crippen LogP contribution in [-0.2, 0) is 0 Å². The van der Waals surface area contributed by atoms with Crippen LogP contribution in [-0.4, -0.2) is 29.1 Å². The van der Waals surface area contributed by atoms with Gasteiger partial charge in [0, 0.05) is 5.75 Å². The largest absolute Gasteiger partial charge is 0.332 e. The van der Waals surface area contributed by atoms with Crippen LogP contribution in [0.5, 0.6) is 0 Å². The number of fused-ring (bicyclic) bond motifs is 1. The number of thioether (sulfide) groups is 1. The molecule has 0 aromatic carbocycles. The van der Waals surface area contributed by atoms with E-state index in [2.05, 4.69) is 31.4 Å². The molecular weight excluding hydrogens is 208 g/mol. The molecule has 0 aromatic heterocycles. The van der Waals surface area contributed by atoms with Crippen LogP contribution in [0, 0.1) is 11.8 Å². The van der Waals surface area contributed by atoms with Crippen LogP contribution in [0.1, 0.15) is 27.2 Å². The molecule has 15 heavy (non-hydrogen) atoms. The molecule has 4 unspecified atom stereocenters. The Morgan fingerprint density at radius 3 is 3.00 bits per heavy atom. The van der Waals surface area contributed by atoms with Crippen LogP contribution < -0.4 is 10.6 Å². The summed E-state index contributed by atoms with van der Waals surface area (Å²) in [5.41, 5.74) is 0. The fourth-order valence-corrected chi connectivity index (χ4v) is 3.98. The van der Waals surface area contributed by atoms with Crippen molar-refractivity contribution in [2.45, 2.75) is 44.5 Å². The fourth-order valence-electron chi connectivity index (χ4n) is 2.31. The number of urea groups is 1. The maximum atomic E-state index is 11.2. The summed E-state index contributed by atoms with van der Waals surface area (Å²) in [5.74, 6) is 3.22. The molecule has 2 aliphatic heterocycles. The Morgan fingerprint density at radius 1 is 1.60 bits per heavy atom. The summed E-state index contributed by atoms with van der Waals surface area (Å²) in [6.45, 7) is 6.73. The van der Waals surface area contributed by atoms with Crippen molar-refractivity contribution in [3.8, 4) is 0 Å². The molecule has 0 aliphatic carbocycles. The molecule has 4 atom stereocenters. The van der Waals surface area contributed by atoms with Crippen LogP contribution >= 0.6 is 11.8 Å². The zero-order valence-electron chi connectivity index (χ0n) is 9.54. The Hall–Kier alpha value is -0.510. The highest BCUT2D eigenvalue weighted by Crippen LogP contribution is 2.39. The molecule has 2 fully saturated rings. The third-order valence-electron chi connectivity index (χ3n) is 3.67. The van der Waals surface area contributed by atoms with E-state index >= 15 is 0 Å². The molecule has 2 aliphatic rings. The van der Waals surface area contributed by atoms with E-state index < -0.39 is 0 Å². The zero-order valence-corrected chi connectivity index (χ0v) is 10.4. The minimum atomic E-state index is 0.00671. The Bertz CT molecular complexity index is 259. The number of amides is 2. The smallest absolute Gasteiger partial charge is 0.315 e. The van der Waals surface area contributed by atoms with Gasteiger partial charge in [-0.3, -0.25) is 0 Å². The van der Waals surface area contributed by atoms with E-state index in [9.17, 15) is 4.79 Å². The zero-order chi connectivity index (χ0) is 11.0. The highest BCUT2D eigenvalue weighted by molar-refractivity contribution is 8.00. The SMILES string of the molecule is CCC(C)[C+](C)C1SCC2NC(=O)NC21. The molecule has 4 heteroatoms. The van der Waals surface area contributed by atoms with E-state index in [0.29, 0.717) is 23.3 Å². The normalized spacial score (nSPS) is 35.7. The number of hydrogen-bond acceptors (Lipinski definition) is 2. The lowest BCUT2D eigenvalue weighted by molar-refractivity contribution is 0.247. The summed E-state index contributed by atoms with van der Waals surface area (Å²) in [7, 11) is 0. The molecule has 2 heterocycles. The van der Waals surface area contributed by atoms with Gasteiger partial charge in [0.1, 0.15) is 12.0 Å². The number of carbonyl (C=O) groups excluding carboxylic acids is 1. The second-order valence-corrected chi connectivity index (χ2v) is 5.73. The highest BCUT2D eigenvalue weighted by atomic mass is 32.2. The van der Waals surface area contributed by atoms with Gasteiger partial charge in [-0.25, -0.2) is 4.79 Å². The summed E-state index contributed by atoms with van der Waals surface area (Å²) >= 11 is 1.97. The number of rotatable bonds is 3. The van der Waals surface area contributed by atoms with Gasteiger partial charge in [-0.1, -0.05) is 6.92 Å². The summed E-state index contributed by atoms with van der Waals surface area (Å²) < 4.78 is 0. The average molecular weight is 227 g/mol. The van der Waals surface area contributed by atoms with Crippen molar-refractivity contribution >= 4 is 17.8 Å². The molecule has 2 saturated heterocycles. The lowest BCUT2D eigenvalue weighted by atomic mass is 9.86. The minimum Gasteiger partial charge on any atom is -0.332 e. The molecule has 0 saturated carbocycles. The van der Waals surface area contributed by atoms with E-state index in [0.717, 1.165) is 5.75 Å². The second-order valence-electron chi connectivity index (χ2n) is 4.56. The summed E-state index contributed by atoms with van der Waals surface area (Å²) in [4.78, 5) is 11.2. The first-order chi connectivity index (χ1) is 7.13. The van der Waals surface area contributed by atoms with Gasteiger partial charge in [-0.05, 0) is 13.3 Å². The monoisotopic (exact) mass is 227 g/mol. The van der Waals surface area contributed by atoms with Crippen LogP contribution in [0.4, 0.5) is 4.79 Å². The Kier molecular flexibility index (Phi) is 3.05. The van der Waals surface area contributed by atoms with E-state index in [1.54, 1.807) is 0 Å². The predicted octanol–water partition coefficient (Wildman–Crippen LogP) is 1.79. The molecule has 3 nitrogen and oxygen atoms in total. The Morgan fingerprint density at radius 2 is 2.33 bits per heavy atom. The minimum absolute atomic E-state index is 0.00671. The van der Waals surface area contributed by atoms with Gasteiger partial charge in [0.25, 0.3) is 0 Å². The second kappa shape index (κ2) is 4.16. The molecule has 2 amide bonds. The van der Waals surface area contributed by atoms with Crippen molar-refractivity contribution in [3.05, 3.63) is 5.92 Å². The van der Waals surface area contributed by atoms with E-state index in [4.69, 9.17) is 0 Å². The summed E-state index contributed by atoms with van der Waals surface area (Å²) in [6.07, 6.45) is 1.18. The van der Waals surface area contributed by atoms with Crippen molar-refractivity contribution in [3.63, 3.8) is 0 Å². The first-order valence-corrected chi connectivity index (χ1v) is 6.70. The van der Waals surface area contributed by atoms with Gasteiger partial charge in [-0.15, -0.1) is 11.8 Å². The van der Waals surface area contributed by atoms with Gasteiger partial charge >= 0.3 is 6.03 Å². The van der Waals surface area contributed by atoms with E-state index in [1.807, 2.05) is 11.8 Å². The van der Waals surface area contributed by atoms with Crippen LogP contribution in [0.15, 0.2) is 0 Å². The van der Waals surface area contributed by atoms with Crippen molar-refractivity contribution in [2.75, 3.05) is 5.75 Å². The molecule has 0 bridgehead atoms. The molecule has 0 radical (unpaired) electrons. The number of nitrogens with one attached hydrogen (secondary N) is 2. The predicted molar refractivity (Wildman–Crippen MR) is 63.9 cm³/mol. The fraction of sp³-hybridized carbons (Fsp3) is 0.818. The van der Waals surface area contributed by atoms with Gasteiger partial charge in [0.15, 0.2) is 5.25 Å². The standard InChI is InChI=1S/C11H18N2OS/c1-4-6(2)7(3)10-9-8(5-15-10)12-11(14)13-9/h6,8-10H,4-5H2,1-3H3,(H-,12,13,14)/p+1. The molecule has 2 N–H and O–H groups in total. The summed E-state index contributed by atoms with van der Waals surface area (Å²) in [6, 6.07) is 0.662. The molecular formula is C11H19N2OS+. The topological polar surface area (TPSA) is 41.1 Å². The van der Waals surface area contributed by atoms with Crippen molar-refractivity contribution in [1.29, 1.82) is 0 Å². The van der Waals surface area contributed by atoms with Crippen LogP contribution in [0.3, 0.4) is 0 Å². The van der Waals surface area contributed by atoms with Gasteiger partial charge in [-0.2, -0.15) is 0 Å².